The molecule has 114 valence electrons. The third-order valence-electron chi connectivity index (χ3n) is 3.15. The first-order valence-corrected chi connectivity index (χ1v) is 8.46. The van der Waals surface area contributed by atoms with Crippen LogP contribution in [-0.4, -0.2) is 44.4 Å². The highest BCUT2D eigenvalue weighted by molar-refractivity contribution is 7.91. The summed E-state index contributed by atoms with van der Waals surface area (Å²) in [7, 11) is -3.04. The van der Waals surface area contributed by atoms with Gasteiger partial charge in [0.15, 0.2) is 16.4 Å². The Morgan fingerprint density at radius 1 is 1.24 bits per heavy atom. The Labute approximate surface area is 123 Å². The van der Waals surface area contributed by atoms with E-state index in [4.69, 9.17) is 4.74 Å². The average molecular weight is 311 g/mol. The van der Waals surface area contributed by atoms with Crippen molar-refractivity contribution in [3.05, 3.63) is 35.9 Å². The van der Waals surface area contributed by atoms with Gasteiger partial charge in [0.1, 0.15) is 0 Å². The maximum Gasteiger partial charge on any atom is 0.310 e. The maximum atomic E-state index is 11.6. The molecule has 1 N–H and O–H groups in total. The lowest BCUT2D eigenvalue weighted by molar-refractivity contribution is -0.148. The van der Waals surface area contributed by atoms with Crippen molar-refractivity contribution in [1.29, 1.82) is 0 Å². The molecule has 2 rings (SSSR count). The molecular formula is C14H17NO5S. The van der Waals surface area contributed by atoms with Crippen molar-refractivity contribution in [3.8, 4) is 0 Å². The van der Waals surface area contributed by atoms with Crippen molar-refractivity contribution in [2.75, 3.05) is 18.1 Å². The van der Waals surface area contributed by atoms with Crippen LogP contribution < -0.4 is 5.32 Å². The summed E-state index contributed by atoms with van der Waals surface area (Å²) in [6, 6.07) is 8.69. The monoisotopic (exact) mass is 311 g/mol. The first-order chi connectivity index (χ1) is 9.94. The lowest BCUT2D eigenvalue weighted by Gasteiger charge is -2.11. The first-order valence-electron chi connectivity index (χ1n) is 6.64. The summed E-state index contributed by atoms with van der Waals surface area (Å²) in [6.45, 7) is -0.387. The van der Waals surface area contributed by atoms with Gasteiger partial charge in [0.25, 0.3) is 5.91 Å². The van der Waals surface area contributed by atoms with Crippen LogP contribution in [0.4, 0.5) is 0 Å². The number of carbonyl (C=O) groups is 2. The van der Waals surface area contributed by atoms with E-state index in [0.717, 1.165) is 5.56 Å². The molecule has 1 aliphatic heterocycles. The molecule has 0 saturated carbocycles. The highest BCUT2D eigenvalue weighted by atomic mass is 32.2. The second kappa shape index (κ2) is 6.71. The van der Waals surface area contributed by atoms with E-state index in [1.54, 1.807) is 12.1 Å². The zero-order chi connectivity index (χ0) is 15.3. The lowest BCUT2D eigenvalue weighted by atomic mass is 10.2. The van der Waals surface area contributed by atoms with E-state index < -0.39 is 21.7 Å². The van der Waals surface area contributed by atoms with Gasteiger partial charge in [-0.2, -0.15) is 0 Å². The fourth-order valence-electron chi connectivity index (χ4n) is 2.14. The molecule has 1 saturated heterocycles. The number of rotatable bonds is 5. The normalized spacial score (nSPS) is 19.9. The molecule has 1 aromatic rings. The predicted molar refractivity (Wildman–Crippen MR) is 76.3 cm³/mol. The van der Waals surface area contributed by atoms with Gasteiger partial charge in [-0.05, 0) is 12.0 Å². The quantitative estimate of drug-likeness (QED) is 0.778. The van der Waals surface area contributed by atoms with E-state index in [9.17, 15) is 18.0 Å². The Bertz CT molecular complexity index is 612. The fourth-order valence-corrected chi connectivity index (χ4v) is 3.81. The zero-order valence-corrected chi connectivity index (χ0v) is 12.3. The molecule has 0 radical (unpaired) electrons. The summed E-state index contributed by atoms with van der Waals surface area (Å²) >= 11 is 0. The second-order valence-electron chi connectivity index (χ2n) is 4.99. The van der Waals surface area contributed by atoms with Gasteiger partial charge in [-0.25, -0.2) is 8.42 Å². The standard InChI is InChI=1S/C14H17NO5S/c16-13(15-12-6-7-21(18,19)10-12)9-20-14(17)8-11-4-2-1-3-5-11/h1-5,12H,6-10H2,(H,15,16)/t12-/m0/s1. The Balaban J connectivity index is 1.70. The zero-order valence-electron chi connectivity index (χ0n) is 11.4. The average Bonchev–Trinajstić information content (AvgIpc) is 2.77. The molecule has 21 heavy (non-hydrogen) atoms. The van der Waals surface area contributed by atoms with Gasteiger partial charge in [0.05, 0.1) is 17.9 Å². The molecular weight excluding hydrogens is 294 g/mol. The number of hydrogen-bond acceptors (Lipinski definition) is 5. The second-order valence-corrected chi connectivity index (χ2v) is 7.22. The topological polar surface area (TPSA) is 89.5 Å². The minimum absolute atomic E-state index is 0.0449. The molecule has 1 fully saturated rings. The van der Waals surface area contributed by atoms with Crippen molar-refractivity contribution < 1.29 is 22.7 Å². The number of benzene rings is 1. The van der Waals surface area contributed by atoms with Crippen LogP contribution in [0, 0.1) is 0 Å². The van der Waals surface area contributed by atoms with Crippen LogP contribution in [0.15, 0.2) is 30.3 Å². The molecule has 0 spiro atoms. The maximum absolute atomic E-state index is 11.6. The number of amides is 1. The summed E-state index contributed by atoms with van der Waals surface area (Å²) in [5.41, 5.74) is 0.810. The lowest BCUT2D eigenvalue weighted by Crippen LogP contribution is -2.38. The molecule has 0 aromatic heterocycles. The van der Waals surface area contributed by atoms with Crippen LogP contribution in [0.25, 0.3) is 0 Å². The Morgan fingerprint density at radius 3 is 2.57 bits per heavy atom. The van der Waals surface area contributed by atoms with E-state index in [0.29, 0.717) is 6.42 Å². The predicted octanol–water partition coefficient (Wildman–Crippen LogP) is 0.0756. The third-order valence-corrected chi connectivity index (χ3v) is 4.92. The molecule has 7 heteroatoms. The van der Waals surface area contributed by atoms with Gasteiger partial charge in [0.2, 0.25) is 0 Å². The molecule has 1 heterocycles. The SMILES string of the molecule is O=C(COC(=O)Cc1ccccc1)N[C@H]1CCS(=O)(=O)C1. The number of carbonyl (C=O) groups excluding carboxylic acids is 2. The van der Waals surface area contributed by atoms with E-state index in [1.165, 1.54) is 0 Å². The molecule has 0 aliphatic carbocycles. The van der Waals surface area contributed by atoms with Gasteiger partial charge >= 0.3 is 5.97 Å². The van der Waals surface area contributed by atoms with Crippen LogP contribution in [0.5, 0.6) is 0 Å². The molecule has 1 atom stereocenters. The van der Waals surface area contributed by atoms with Gasteiger partial charge in [-0.3, -0.25) is 9.59 Å². The van der Waals surface area contributed by atoms with Crippen LogP contribution in [0.1, 0.15) is 12.0 Å². The van der Waals surface area contributed by atoms with Gasteiger partial charge in [-0.1, -0.05) is 30.3 Å². The molecule has 1 aromatic carbocycles. The summed E-state index contributed by atoms with van der Waals surface area (Å²) in [6.07, 6.45) is 0.512. The van der Waals surface area contributed by atoms with Gasteiger partial charge in [-0.15, -0.1) is 0 Å². The summed E-state index contributed by atoms with van der Waals surface area (Å²) in [5.74, 6) is -0.920. The fraction of sp³-hybridized carbons (Fsp3) is 0.429. The number of hydrogen-bond donors (Lipinski definition) is 1. The van der Waals surface area contributed by atoms with Crippen LogP contribution >= 0.6 is 0 Å². The van der Waals surface area contributed by atoms with Crippen molar-refractivity contribution >= 4 is 21.7 Å². The number of ether oxygens (including phenoxy) is 1. The van der Waals surface area contributed by atoms with Gasteiger partial charge in [0, 0.05) is 6.04 Å². The highest BCUT2D eigenvalue weighted by Crippen LogP contribution is 2.11. The van der Waals surface area contributed by atoms with Crippen LogP contribution in [0.3, 0.4) is 0 Å². The van der Waals surface area contributed by atoms with Crippen molar-refractivity contribution in [2.45, 2.75) is 18.9 Å². The molecule has 6 nitrogen and oxygen atoms in total. The summed E-state index contributed by atoms with van der Waals surface area (Å²) in [4.78, 5) is 23.1. The summed E-state index contributed by atoms with van der Waals surface area (Å²) < 4.78 is 27.4. The summed E-state index contributed by atoms with van der Waals surface area (Å²) in [5, 5.41) is 2.56. The van der Waals surface area contributed by atoms with E-state index in [2.05, 4.69) is 5.32 Å². The minimum atomic E-state index is -3.04. The molecule has 0 bridgehead atoms. The molecule has 1 aliphatic rings. The highest BCUT2D eigenvalue weighted by Gasteiger charge is 2.28. The Kier molecular flexibility index (Phi) is 4.95. The Morgan fingerprint density at radius 2 is 1.95 bits per heavy atom. The number of esters is 1. The van der Waals surface area contributed by atoms with E-state index in [1.807, 2.05) is 18.2 Å². The van der Waals surface area contributed by atoms with Crippen molar-refractivity contribution in [1.82, 2.24) is 5.32 Å². The van der Waals surface area contributed by atoms with Crippen molar-refractivity contribution in [2.24, 2.45) is 0 Å². The molecule has 1 amide bonds. The van der Waals surface area contributed by atoms with Gasteiger partial charge < -0.3 is 10.1 Å². The first kappa shape index (κ1) is 15.5. The smallest absolute Gasteiger partial charge is 0.310 e. The Hall–Kier alpha value is -1.89. The number of nitrogens with one attached hydrogen (secondary N) is 1. The van der Waals surface area contributed by atoms with Crippen LogP contribution in [-0.2, 0) is 30.6 Å². The molecule has 0 unspecified atom stereocenters. The van der Waals surface area contributed by atoms with E-state index >= 15 is 0 Å². The third kappa shape index (κ3) is 5.18. The van der Waals surface area contributed by atoms with E-state index in [-0.39, 0.29) is 30.6 Å². The van der Waals surface area contributed by atoms with Crippen molar-refractivity contribution in [3.63, 3.8) is 0 Å². The van der Waals surface area contributed by atoms with Crippen LogP contribution in [0.2, 0.25) is 0 Å². The number of sulfone groups is 1. The largest absolute Gasteiger partial charge is 0.455 e. The minimum Gasteiger partial charge on any atom is -0.455 e.